The molecule has 2 unspecified atom stereocenters. The van der Waals surface area contributed by atoms with Gasteiger partial charge in [0.15, 0.2) is 11.5 Å². The van der Waals surface area contributed by atoms with Crippen molar-refractivity contribution in [2.24, 2.45) is 0 Å². The molecule has 2 aromatic carbocycles. The molecule has 2 aliphatic heterocycles. The van der Waals surface area contributed by atoms with Crippen molar-refractivity contribution in [2.75, 3.05) is 31.6 Å². The highest BCUT2D eigenvalue weighted by Gasteiger charge is 2.31. The maximum atomic E-state index is 12.6. The van der Waals surface area contributed by atoms with Gasteiger partial charge in [0.1, 0.15) is 0 Å². The molecule has 1 saturated heterocycles. The van der Waals surface area contributed by atoms with Crippen molar-refractivity contribution in [3.05, 3.63) is 54.1 Å². The van der Waals surface area contributed by atoms with Gasteiger partial charge in [0, 0.05) is 30.8 Å². The fourth-order valence-electron chi connectivity index (χ4n) is 3.91. The molecule has 142 valence electrons. The Morgan fingerprint density at radius 3 is 2.70 bits per heavy atom. The lowest BCUT2D eigenvalue weighted by molar-refractivity contribution is -0.117. The molecule has 2 heterocycles. The van der Waals surface area contributed by atoms with Crippen LogP contribution < -0.4 is 14.8 Å². The zero-order valence-corrected chi connectivity index (χ0v) is 15.7. The van der Waals surface area contributed by atoms with Crippen LogP contribution in [0.15, 0.2) is 48.5 Å². The van der Waals surface area contributed by atoms with Crippen LogP contribution in [0.3, 0.4) is 0 Å². The number of hydrogen-bond acceptors (Lipinski definition) is 4. The summed E-state index contributed by atoms with van der Waals surface area (Å²) in [4.78, 5) is 14.8. The van der Waals surface area contributed by atoms with Gasteiger partial charge in [0.05, 0.1) is 19.8 Å². The van der Waals surface area contributed by atoms with Crippen molar-refractivity contribution in [1.29, 1.82) is 0 Å². The van der Waals surface area contributed by atoms with E-state index in [1.807, 2.05) is 24.3 Å². The molecule has 2 aliphatic rings. The van der Waals surface area contributed by atoms with E-state index in [-0.39, 0.29) is 5.91 Å². The van der Waals surface area contributed by atoms with Crippen LogP contribution in [0.2, 0.25) is 0 Å². The largest absolute Gasteiger partial charge is 0.490 e. The summed E-state index contributed by atoms with van der Waals surface area (Å²) in [5, 5.41) is 3.00. The molecule has 2 aromatic rings. The molecule has 0 spiro atoms. The normalized spacial score (nSPS) is 22.3. The summed E-state index contributed by atoms with van der Waals surface area (Å²) in [6.45, 7) is 4.81. The Labute approximate surface area is 160 Å². The lowest BCUT2D eigenvalue weighted by Crippen LogP contribution is -2.35. The Morgan fingerprint density at radius 2 is 1.89 bits per heavy atom. The fraction of sp³-hybridized carbons (Fsp3) is 0.409. The number of likely N-dealkylation sites (tertiary alicyclic amines) is 1. The summed E-state index contributed by atoms with van der Waals surface area (Å²) >= 11 is 0. The third-order valence-corrected chi connectivity index (χ3v) is 5.35. The second kappa shape index (κ2) is 8.01. The second-order valence-electron chi connectivity index (χ2n) is 7.38. The number of nitrogens with one attached hydrogen (secondary N) is 1. The Bertz CT molecular complexity index is 793. The Hall–Kier alpha value is -2.53. The molecule has 5 nitrogen and oxygen atoms in total. The molecular weight excluding hydrogens is 340 g/mol. The van der Waals surface area contributed by atoms with Crippen molar-refractivity contribution in [3.63, 3.8) is 0 Å². The Morgan fingerprint density at radius 1 is 1.11 bits per heavy atom. The van der Waals surface area contributed by atoms with E-state index in [0.717, 1.165) is 30.8 Å². The third-order valence-electron chi connectivity index (χ3n) is 5.35. The third kappa shape index (κ3) is 4.25. The van der Waals surface area contributed by atoms with Crippen LogP contribution in [-0.4, -0.2) is 43.2 Å². The maximum absolute atomic E-state index is 12.6. The number of ether oxygens (including phenoxy) is 2. The van der Waals surface area contributed by atoms with Gasteiger partial charge in [-0.2, -0.15) is 0 Å². The van der Waals surface area contributed by atoms with Gasteiger partial charge in [0.25, 0.3) is 0 Å². The average molecular weight is 366 g/mol. The number of anilines is 1. The second-order valence-corrected chi connectivity index (χ2v) is 7.38. The van der Waals surface area contributed by atoms with Gasteiger partial charge in [-0.3, -0.25) is 9.69 Å². The van der Waals surface area contributed by atoms with E-state index >= 15 is 0 Å². The van der Waals surface area contributed by atoms with E-state index in [9.17, 15) is 4.79 Å². The van der Waals surface area contributed by atoms with E-state index in [1.165, 1.54) is 5.56 Å². The summed E-state index contributed by atoms with van der Waals surface area (Å²) in [5.74, 6) is 1.94. The van der Waals surface area contributed by atoms with E-state index in [1.54, 1.807) is 0 Å². The number of hydrogen-bond donors (Lipinski definition) is 1. The molecule has 0 bridgehead atoms. The molecule has 27 heavy (non-hydrogen) atoms. The fourth-order valence-corrected chi connectivity index (χ4v) is 3.91. The molecule has 5 heteroatoms. The van der Waals surface area contributed by atoms with Crippen LogP contribution in [0.5, 0.6) is 11.5 Å². The molecule has 1 N–H and O–H groups in total. The number of carbonyl (C=O) groups excluding carboxylic acids is 1. The summed E-state index contributed by atoms with van der Waals surface area (Å²) in [5.41, 5.74) is 2.10. The van der Waals surface area contributed by atoms with Crippen molar-refractivity contribution >= 4 is 11.6 Å². The summed E-state index contributed by atoms with van der Waals surface area (Å²) < 4.78 is 11.3. The zero-order valence-electron chi connectivity index (χ0n) is 15.7. The van der Waals surface area contributed by atoms with Crippen LogP contribution in [0.4, 0.5) is 5.69 Å². The molecule has 1 fully saturated rings. The van der Waals surface area contributed by atoms with Gasteiger partial charge in [-0.15, -0.1) is 0 Å². The standard InChI is InChI=1S/C22H26N2O3/c1-16-12-18(17-6-3-2-4-7-17)14-24(16)15-22(25)23-19-8-9-20-21(13-19)27-11-5-10-26-20/h2-4,6-9,13,16,18H,5,10-12,14-15H2,1H3,(H,23,25). The minimum Gasteiger partial charge on any atom is -0.490 e. The number of nitrogens with zero attached hydrogens (tertiary/aromatic N) is 1. The predicted molar refractivity (Wildman–Crippen MR) is 106 cm³/mol. The van der Waals surface area contributed by atoms with Crippen molar-refractivity contribution in [1.82, 2.24) is 4.90 Å². The number of carbonyl (C=O) groups is 1. The topological polar surface area (TPSA) is 50.8 Å². The van der Waals surface area contributed by atoms with Crippen LogP contribution in [0.1, 0.15) is 31.2 Å². The highest BCUT2D eigenvalue weighted by atomic mass is 16.5. The van der Waals surface area contributed by atoms with Crippen molar-refractivity contribution in [3.8, 4) is 11.5 Å². The van der Waals surface area contributed by atoms with Crippen molar-refractivity contribution in [2.45, 2.75) is 31.7 Å². The Balaban J connectivity index is 1.36. The molecule has 2 atom stereocenters. The number of benzene rings is 2. The van der Waals surface area contributed by atoms with E-state index < -0.39 is 0 Å². The highest BCUT2D eigenvalue weighted by molar-refractivity contribution is 5.92. The summed E-state index contributed by atoms with van der Waals surface area (Å²) in [6, 6.07) is 16.5. The first-order valence-corrected chi connectivity index (χ1v) is 9.67. The van der Waals surface area contributed by atoms with E-state index in [0.29, 0.717) is 37.5 Å². The lowest BCUT2D eigenvalue weighted by atomic mass is 9.97. The molecule has 4 rings (SSSR count). The zero-order chi connectivity index (χ0) is 18.6. The number of rotatable bonds is 4. The minimum atomic E-state index is 0.00468. The number of fused-ring (bicyclic) bond motifs is 1. The van der Waals surface area contributed by atoms with E-state index in [4.69, 9.17) is 9.47 Å². The van der Waals surface area contributed by atoms with Gasteiger partial charge < -0.3 is 14.8 Å². The minimum absolute atomic E-state index is 0.00468. The van der Waals surface area contributed by atoms with Gasteiger partial charge in [0.2, 0.25) is 5.91 Å². The first-order chi connectivity index (χ1) is 13.2. The van der Waals surface area contributed by atoms with Crippen molar-refractivity contribution < 1.29 is 14.3 Å². The maximum Gasteiger partial charge on any atom is 0.238 e. The molecule has 0 aromatic heterocycles. The highest BCUT2D eigenvalue weighted by Crippen LogP contribution is 2.33. The molecule has 1 amide bonds. The van der Waals surface area contributed by atoms with Crippen LogP contribution >= 0.6 is 0 Å². The smallest absolute Gasteiger partial charge is 0.238 e. The SMILES string of the molecule is CC1CC(c2ccccc2)CN1CC(=O)Nc1ccc2c(c1)OCCCO2. The van der Waals surface area contributed by atoms with Crippen LogP contribution in [0, 0.1) is 0 Å². The van der Waals surface area contributed by atoms with E-state index in [2.05, 4.69) is 41.4 Å². The molecule has 0 aliphatic carbocycles. The lowest BCUT2D eigenvalue weighted by Gasteiger charge is -2.20. The van der Waals surface area contributed by atoms with Gasteiger partial charge >= 0.3 is 0 Å². The average Bonchev–Trinajstić information content (AvgIpc) is 2.89. The number of amides is 1. The van der Waals surface area contributed by atoms with Crippen LogP contribution in [-0.2, 0) is 4.79 Å². The molecular formula is C22H26N2O3. The Kier molecular flexibility index (Phi) is 5.30. The van der Waals surface area contributed by atoms with Gasteiger partial charge in [-0.25, -0.2) is 0 Å². The monoisotopic (exact) mass is 366 g/mol. The molecule has 0 saturated carbocycles. The molecule has 0 radical (unpaired) electrons. The van der Waals surface area contributed by atoms with Gasteiger partial charge in [-0.1, -0.05) is 30.3 Å². The summed E-state index contributed by atoms with van der Waals surface area (Å²) in [6.07, 6.45) is 1.95. The van der Waals surface area contributed by atoms with Gasteiger partial charge in [-0.05, 0) is 37.0 Å². The van der Waals surface area contributed by atoms with Crippen LogP contribution in [0.25, 0.3) is 0 Å². The predicted octanol–water partition coefficient (Wildman–Crippen LogP) is 3.66. The first-order valence-electron chi connectivity index (χ1n) is 9.67. The quantitative estimate of drug-likeness (QED) is 0.897. The first kappa shape index (κ1) is 17.9. The summed E-state index contributed by atoms with van der Waals surface area (Å²) in [7, 11) is 0.